The van der Waals surface area contributed by atoms with Gasteiger partial charge in [-0.05, 0) is 37.0 Å². The van der Waals surface area contributed by atoms with Crippen LogP contribution in [0.4, 0.5) is 0 Å². The van der Waals surface area contributed by atoms with Crippen molar-refractivity contribution < 1.29 is 9.47 Å². The van der Waals surface area contributed by atoms with Gasteiger partial charge in [-0.25, -0.2) is 0 Å². The zero-order valence-corrected chi connectivity index (χ0v) is 9.48. The number of hydrogen-bond acceptors (Lipinski definition) is 3. The fourth-order valence-corrected chi connectivity index (χ4v) is 2.40. The molecule has 1 aliphatic heterocycles. The Morgan fingerprint density at radius 1 is 1.38 bits per heavy atom. The van der Waals surface area contributed by atoms with E-state index in [1.165, 1.54) is 12.8 Å². The van der Waals surface area contributed by atoms with E-state index in [-0.39, 0.29) is 6.04 Å². The van der Waals surface area contributed by atoms with E-state index < -0.39 is 0 Å². The van der Waals surface area contributed by atoms with Crippen LogP contribution in [0.1, 0.15) is 30.9 Å². The van der Waals surface area contributed by atoms with E-state index in [2.05, 4.69) is 0 Å². The van der Waals surface area contributed by atoms with Gasteiger partial charge in [0.2, 0.25) is 0 Å². The Kier molecular flexibility index (Phi) is 2.28. The molecule has 0 saturated heterocycles. The number of benzene rings is 1. The Balaban J connectivity index is 1.90. The average Bonchev–Trinajstić information content (AvgIpc) is 3.12. The molecular formula is C13H17NO2. The molecule has 86 valence electrons. The lowest BCUT2D eigenvalue weighted by atomic mass is 9.95. The molecule has 2 atom stereocenters. The molecular weight excluding hydrogens is 202 g/mol. The van der Waals surface area contributed by atoms with E-state index in [0.717, 1.165) is 29.4 Å². The van der Waals surface area contributed by atoms with Crippen molar-refractivity contribution in [2.75, 3.05) is 7.11 Å². The van der Waals surface area contributed by atoms with Gasteiger partial charge in [-0.15, -0.1) is 0 Å². The van der Waals surface area contributed by atoms with Gasteiger partial charge in [0.15, 0.2) is 0 Å². The van der Waals surface area contributed by atoms with Crippen molar-refractivity contribution in [3.8, 4) is 11.5 Å². The van der Waals surface area contributed by atoms with Gasteiger partial charge in [-0.3, -0.25) is 0 Å². The van der Waals surface area contributed by atoms with Gasteiger partial charge in [0, 0.05) is 18.0 Å². The lowest BCUT2D eigenvalue weighted by molar-refractivity contribution is 0.138. The van der Waals surface area contributed by atoms with Gasteiger partial charge < -0.3 is 15.2 Å². The summed E-state index contributed by atoms with van der Waals surface area (Å²) in [6, 6.07) is 5.98. The fourth-order valence-electron chi connectivity index (χ4n) is 2.40. The highest BCUT2D eigenvalue weighted by Gasteiger charge is 2.37. The van der Waals surface area contributed by atoms with Crippen LogP contribution in [0, 0.1) is 5.92 Å². The topological polar surface area (TPSA) is 44.5 Å². The highest BCUT2D eigenvalue weighted by Crippen LogP contribution is 2.43. The highest BCUT2D eigenvalue weighted by atomic mass is 16.5. The minimum Gasteiger partial charge on any atom is -0.497 e. The molecule has 0 radical (unpaired) electrons. The Morgan fingerprint density at radius 2 is 2.19 bits per heavy atom. The molecule has 1 fully saturated rings. The molecule has 16 heavy (non-hydrogen) atoms. The van der Waals surface area contributed by atoms with Crippen LogP contribution >= 0.6 is 0 Å². The second-order valence-corrected chi connectivity index (χ2v) is 4.74. The molecule has 2 aliphatic rings. The molecule has 0 bridgehead atoms. The van der Waals surface area contributed by atoms with Crippen LogP contribution in [-0.2, 0) is 0 Å². The molecule has 0 aromatic heterocycles. The zero-order chi connectivity index (χ0) is 11.1. The molecule has 0 spiro atoms. The molecule has 1 heterocycles. The first-order valence-electron chi connectivity index (χ1n) is 5.88. The number of fused-ring (bicyclic) bond motifs is 1. The van der Waals surface area contributed by atoms with Crippen LogP contribution in [0.25, 0.3) is 0 Å². The van der Waals surface area contributed by atoms with E-state index in [1.807, 2.05) is 18.2 Å². The smallest absolute Gasteiger partial charge is 0.124 e. The molecule has 0 amide bonds. The van der Waals surface area contributed by atoms with Gasteiger partial charge in [-0.2, -0.15) is 0 Å². The van der Waals surface area contributed by atoms with Crippen molar-refractivity contribution in [2.45, 2.75) is 31.4 Å². The average molecular weight is 219 g/mol. The van der Waals surface area contributed by atoms with Crippen molar-refractivity contribution >= 4 is 0 Å². The highest BCUT2D eigenvalue weighted by molar-refractivity contribution is 5.43. The zero-order valence-electron chi connectivity index (χ0n) is 9.48. The Morgan fingerprint density at radius 3 is 2.88 bits per heavy atom. The van der Waals surface area contributed by atoms with E-state index in [9.17, 15) is 0 Å². The van der Waals surface area contributed by atoms with Crippen molar-refractivity contribution in [2.24, 2.45) is 11.7 Å². The first kappa shape index (κ1) is 9.97. The van der Waals surface area contributed by atoms with E-state index >= 15 is 0 Å². The summed E-state index contributed by atoms with van der Waals surface area (Å²) in [5, 5.41) is 0. The van der Waals surface area contributed by atoms with E-state index in [4.69, 9.17) is 15.2 Å². The molecule has 3 heteroatoms. The largest absolute Gasteiger partial charge is 0.497 e. The first-order chi connectivity index (χ1) is 7.78. The standard InChI is InChI=1S/C13H17NO2/c1-15-9-4-5-12-10(6-9)11(14)7-13(16-12)8-2-3-8/h4-6,8,11,13H,2-3,7,14H2,1H3/t11-,13?/m0/s1. The summed E-state index contributed by atoms with van der Waals surface area (Å²) in [5.74, 6) is 2.53. The fraction of sp³-hybridized carbons (Fsp3) is 0.538. The summed E-state index contributed by atoms with van der Waals surface area (Å²) in [6.45, 7) is 0. The predicted octanol–water partition coefficient (Wildman–Crippen LogP) is 2.26. The predicted molar refractivity (Wildman–Crippen MR) is 61.7 cm³/mol. The van der Waals surface area contributed by atoms with Crippen LogP contribution in [-0.4, -0.2) is 13.2 Å². The summed E-state index contributed by atoms with van der Waals surface area (Å²) in [5.41, 5.74) is 7.27. The Bertz CT molecular complexity index is 401. The minimum absolute atomic E-state index is 0.0875. The van der Waals surface area contributed by atoms with Crippen molar-refractivity contribution in [3.05, 3.63) is 23.8 Å². The maximum absolute atomic E-state index is 6.19. The number of hydrogen-bond donors (Lipinski definition) is 1. The number of ether oxygens (including phenoxy) is 2. The Hall–Kier alpha value is -1.22. The monoisotopic (exact) mass is 219 g/mol. The maximum atomic E-state index is 6.19. The maximum Gasteiger partial charge on any atom is 0.124 e. The van der Waals surface area contributed by atoms with Crippen LogP contribution < -0.4 is 15.2 Å². The SMILES string of the molecule is COc1ccc2c(c1)[C@@H](N)CC(C1CC1)O2. The summed E-state index contributed by atoms with van der Waals surface area (Å²) < 4.78 is 11.2. The van der Waals surface area contributed by atoms with Crippen LogP contribution in [0.15, 0.2) is 18.2 Å². The van der Waals surface area contributed by atoms with Crippen molar-refractivity contribution in [1.29, 1.82) is 0 Å². The van der Waals surface area contributed by atoms with E-state index in [0.29, 0.717) is 6.10 Å². The lowest BCUT2D eigenvalue weighted by Gasteiger charge is -2.30. The summed E-state index contributed by atoms with van der Waals surface area (Å²) in [7, 11) is 1.67. The lowest BCUT2D eigenvalue weighted by Crippen LogP contribution is -2.30. The number of nitrogens with two attached hydrogens (primary N) is 1. The normalized spacial score (nSPS) is 28.1. The Labute approximate surface area is 95.5 Å². The first-order valence-corrected chi connectivity index (χ1v) is 5.88. The van der Waals surface area contributed by atoms with Crippen molar-refractivity contribution in [3.63, 3.8) is 0 Å². The van der Waals surface area contributed by atoms with E-state index in [1.54, 1.807) is 7.11 Å². The second kappa shape index (κ2) is 3.67. The van der Waals surface area contributed by atoms with Gasteiger partial charge >= 0.3 is 0 Å². The third-order valence-corrected chi connectivity index (χ3v) is 3.53. The minimum atomic E-state index is 0.0875. The van der Waals surface area contributed by atoms with Gasteiger partial charge in [0.05, 0.1) is 7.11 Å². The van der Waals surface area contributed by atoms with Gasteiger partial charge in [0.25, 0.3) is 0 Å². The molecule has 1 saturated carbocycles. The molecule has 1 unspecified atom stereocenters. The summed E-state index contributed by atoms with van der Waals surface area (Å²) in [4.78, 5) is 0. The molecule has 1 aliphatic carbocycles. The molecule has 1 aromatic carbocycles. The van der Waals surface area contributed by atoms with Gasteiger partial charge in [0.1, 0.15) is 17.6 Å². The summed E-state index contributed by atoms with van der Waals surface area (Å²) >= 11 is 0. The van der Waals surface area contributed by atoms with Crippen molar-refractivity contribution in [1.82, 2.24) is 0 Å². The third-order valence-electron chi connectivity index (χ3n) is 3.53. The van der Waals surface area contributed by atoms with Crippen LogP contribution in [0.2, 0.25) is 0 Å². The van der Waals surface area contributed by atoms with Gasteiger partial charge in [-0.1, -0.05) is 0 Å². The number of rotatable bonds is 2. The molecule has 2 N–H and O–H groups in total. The van der Waals surface area contributed by atoms with Crippen LogP contribution in [0.5, 0.6) is 11.5 Å². The second-order valence-electron chi connectivity index (χ2n) is 4.74. The molecule has 1 aromatic rings. The summed E-state index contributed by atoms with van der Waals surface area (Å²) in [6.07, 6.45) is 3.85. The number of methoxy groups -OCH3 is 1. The van der Waals surface area contributed by atoms with Crippen LogP contribution in [0.3, 0.4) is 0 Å². The third kappa shape index (κ3) is 1.65. The molecule has 3 nitrogen and oxygen atoms in total. The molecule has 3 rings (SSSR count). The quantitative estimate of drug-likeness (QED) is 0.829.